The third-order valence-corrected chi connectivity index (χ3v) is 6.48. The molecule has 0 aliphatic heterocycles. The molecule has 0 fully saturated rings. The minimum atomic E-state index is -4.26. The van der Waals surface area contributed by atoms with Gasteiger partial charge in [0.1, 0.15) is 6.16 Å². The normalized spacial score (nSPS) is 14.3. The van der Waals surface area contributed by atoms with Crippen LogP contribution in [0.2, 0.25) is 0 Å². The van der Waals surface area contributed by atoms with Gasteiger partial charge >= 0.3 is 13.6 Å². The van der Waals surface area contributed by atoms with Gasteiger partial charge in [-0.3, -0.25) is 13.9 Å². The summed E-state index contributed by atoms with van der Waals surface area (Å²) in [5.41, 5.74) is 0. The van der Waals surface area contributed by atoms with Gasteiger partial charge in [-0.25, -0.2) is 0 Å². The van der Waals surface area contributed by atoms with Crippen LogP contribution in [0, 0.1) is 0 Å². The van der Waals surface area contributed by atoms with Gasteiger partial charge in [0.25, 0.3) is 0 Å². The van der Waals surface area contributed by atoms with Crippen molar-refractivity contribution in [2.45, 2.75) is 122 Å². The Hall–Kier alpha value is -0.460. The molecule has 0 saturated carbocycles. The number of carbonyl (C=O) groups is 1. The molecule has 3 N–H and O–H groups in total. The van der Waals surface area contributed by atoms with Gasteiger partial charge in [0.2, 0.25) is 0 Å². The summed E-state index contributed by atoms with van der Waals surface area (Å²) in [5.74, 6) is -0.817. The molecule has 31 heavy (non-hydrogen) atoms. The van der Waals surface area contributed by atoms with Crippen molar-refractivity contribution in [3.8, 4) is 0 Å². The second kappa shape index (κ2) is 21.4. The molecular formula is C23H47O7P. The number of hydrogen-bond acceptors (Lipinski definition) is 6. The second-order valence-electron chi connectivity index (χ2n) is 8.39. The Balaban J connectivity index is 3.39. The maximum atomic E-state index is 11.7. The first-order chi connectivity index (χ1) is 14.9. The fourth-order valence-electron chi connectivity index (χ4n) is 3.44. The summed E-state index contributed by atoms with van der Waals surface area (Å²) in [4.78, 5) is 21.1. The third kappa shape index (κ3) is 22.5. The lowest BCUT2D eigenvalue weighted by Gasteiger charge is -2.15. The average molecular weight is 467 g/mol. The van der Waals surface area contributed by atoms with Crippen molar-refractivity contribution in [2.24, 2.45) is 0 Å². The summed E-state index contributed by atoms with van der Waals surface area (Å²) < 4.78 is 21.1. The Morgan fingerprint density at radius 1 is 0.806 bits per heavy atom. The van der Waals surface area contributed by atoms with Crippen LogP contribution in [0.4, 0.5) is 0 Å². The van der Waals surface area contributed by atoms with Crippen LogP contribution < -0.4 is 0 Å². The van der Waals surface area contributed by atoms with E-state index in [1.54, 1.807) is 0 Å². The second-order valence-corrected chi connectivity index (χ2v) is 10.2. The lowest BCUT2D eigenvalue weighted by Crippen LogP contribution is -2.17. The van der Waals surface area contributed by atoms with E-state index in [0.717, 1.165) is 19.3 Å². The predicted molar refractivity (Wildman–Crippen MR) is 124 cm³/mol. The molecule has 0 saturated heterocycles. The summed E-state index contributed by atoms with van der Waals surface area (Å²) in [6, 6.07) is 0. The quantitative estimate of drug-likeness (QED) is 0.0767. The fourth-order valence-corrected chi connectivity index (χ4v) is 4.41. The molecule has 0 aliphatic rings. The molecule has 0 aliphatic carbocycles. The van der Waals surface area contributed by atoms with Gasteiger partial charge in [0.05, 0.1) is 6.61 Å². The standard InChI is InChI=1S/C23H47O7P/c1-2-3-4-5-6-7-8-9-10-11-12-13-14-15-16-17-20-29-23(26)21-31(27,28)30-22(25)18-19-24/h22,24-25H,2-21H2,1H3,(H,27,28). The van der Waals surface area contributed by atoms with Gasteiger partial charge in [-0.05, 0) is 6.42 Å². The Morgan fingerprint density at radius 3 is 1.65 bits per heavy atom. The van der Waals surface area contributed by atoms with Gasteiger partial charge in [-0.1, -0.05) is 103 Å². The Labute approximate surface area is 189 Å². The van der Waals surface area contributed by atoms with Crippen LogP contribution in [0.15, 0.2) is 0 Å². The van der Waals surface area contributed by atoms with Gasteiger partial charge in [-0.15, -0.1) is 0 Å². The molecule has 2 unspecified atom stereocenters. The molecule has 0 spiro atoms. The molecule has 0 aromatic rings. The third-order valence-electron chi connectivity index (χ3n) is 5.25. The Bertz CT molecular complexity index is 459. The minimum absolute atomic E-state index is 0.196. The monoisotopic (exact) mass is 466 g/mol. The zero-order valence-corrected chi connectivity index (χ0v) is 20.5. The Kier molecular flexibility index (Phi) is 21.1. The fraction of sp³-hybridized carbons (Fsp3) is 0.957. The van der Waals surface area contributed by atoms with E-state index in [9.17, 15) is 19.4 Å². The average Bonchev–Trinajstić information content (AvgIpc) is 2.69. The molecule has 0 aromatic heterocycles. The highest BCUT2D eigenvalue weighted by molar-refractivity contribution is 7.53. The van der Waals surface area contributed by atoms with Gasteiger partial charge in [0, 0.05) is 13.0 Å². The van der Waals surface area contributed by atoms with E-state index in [2.05, 4.69) is 11.4 Å². The van der Waals surface area contributed by atoms with Crippen LogP contribution in [-0.2, 0) is 18.6 Å². The Morgan fingerprint density at radius 2 is 1.23 bits per heavy atom. The van der Waals surface area contributed by atoms with E-state index in [4.69, 9.17) is 9.84 Å². The molecule has 2 atom stereocenters. The molecule has 186 valence electrons. The summed E-state index contributed by atoms with van der Waals surface area (Å²) in [7, 11) is -4.26. The first-order valence-electron chi connectivity index (χ1n) is 12.4. The zero-order chi connectivity index (χ0) is 23.2. The molecule has 0 bridgehead atoms. The first-order valence-corrected chi connectivity index (χ1v) is 14.1. The molecule has 0 radical (unpaired) electrons. The highest BCUT2D eigenvalue weighted by Crippen LogP contribution is 2.43. The summed E-state index contributed by atoms with van der Waals surface area (Å²) in [6.07, 6.45) is 17.7. The lowest BCUT2D eigenvalue weighted by atomic mass is 10.0. The van der Waals surface area contributed by atoms with E-state index in [1.165, 1.54) is 83.5 Å². The van der Waals surface area contributed by atoms with Crippen LogP contribution >= 0.6 is 7.60 Å². The van der Waals surface area contributed by atoms with Crippen molar-refractivity contribution >= 4 is 13.6 Å². The maximum absolute atomic E-state index is 11.7. The van der Waals surface area contributed by atoms with Crippen molar-refractivity contribution in [3.63, 3.8) is 0 Å². The van der Waals surface area contributed by atoms with E-state index in [-0.39, 0.29) is 19.6 Å². The molecular weight excluding hydrogens is 419 g/mol. The van der Waals surface area contributed by atoms with E-state index in [1.807, 2.05) is 0 Å². The number of aliphatic hydroxyl groups is 2. The highest BCUT2D eigenvalue weighted by atomic mass is 31.2. The van der Waals surface area contributed by atoms with E-state index < -0.39 is 26.0 Å². The molecule has 7 nitrogen and oxygen atoms in total. The molecule has 0 heterocycles. The largest absolute Gasteiger partial charge is 0.465 e. The lowest BCUT2D eigenvalue weighted by molar-refractivity contribution is -0.141. The summed E-state index contributed by atoms with van der Waals surface area (Å²) >= 11 is 0. The predicted octanol–water partition coefficient (Wildman–Crippen LogP) is 5.69. The molecule has 8 heteroatoms. The number of carbonyl (C=O) groups excluding carboxylic acids is 1. The van der Waals surface area contributed by atoms with Crippen molar-refractivity contribution in [2.75, 3.05) is 19.4 Å². The summed E-state index contributed by atoms with van der Waals surface area (Å²) in [5, 5.41) is 17.9. The number of hydrogen-bond donors (Lipinski definition) is 3. The van der Waals surface area contributed by atoms with Crippen molar-refractivity contribution in [1.29, 1.82) is 0 Å². The summed E-state index contributed by atoms with van der Waals surface area (Å²) in [6.45, 7) is 2.09. The van der Waals surface area contributed by atoms with E-state index >= 15 is 0 Å². The number of aliphatic hydroxyl groups excluding tert-OH is 2. The van der Waals surface area contributed by atoms with Crippen molar-refractivity contribution < 1.29 is 33.7 Å². The van der Waals surface area contributed by atoms with Crippen LogP contribution in [0.3, 0.4) is 0 Å². The van der Waals surface area contributed by atoms with Gasteiger partial charge in [0.15, 0.2) is 6.29 Å². The van der Waals surface area contributed by atoms with Crippen LogP contribution in [0.1, 0.15) is 116 Å². The van der Waals surface area contributed by atoms with Crippen LogP contribution in [0.25, 0.3) is 0 Å². The van der Waals surface area contributed by atoms with E-state index in [0.29, 0.717) is 0 Å². The topological polar surface area (TPSA) is 113 Å². The molecule has 0 amide bonds. The van der Waals surface area contributed by atoms with Crippen LogP contribution in [-0.4, -0.2) is 46.7 Å². The minimum Gasteiger partial charge on any atom is -0.465 e. The zero-order valence-electron chi connectivity index (χ0n) is 19.6. The number of rotatable bonds is 23. The number of unbranched alkanes of at least 4 members (excludes halogenated alkanes) is 15. The maximum Gasteiger partial charge on any atom is 0.341 e. The molecule has 0 aromatic carbocycles. The first kappa shape index (κ1) is 30.5. The van der Waals surface area contributed by atoms with Crippen molar-refractivity contribution in [1.82, 2.24) is 0 Å². The molecule has 0 rings (SSSR count). The SMILES string of the molecule is CCCCCCCCCCCCCCCCCCOC(=O)CP(=O)(O)OC(O)CCO. The van der Waals surface area contributed by atoms with Crippen LogP contribution in [0.5, 0.6) is 0 Å². The smallest absolute Gasteiger partial charge is 0.341 e. The van der Waals surface area contributed by atoms with Crippen molar-refractivity contribution in [3.05, 3.63) is 0 Å². The van der Waals surface area contributed by atoms with Gasteiger partial charge in [-0.2, -0.15) is 0 Å². The number of esters is 1. The number of ether oxygens (including phenoxy) is 1. The van der Waals surface area contributed by atoms with Gasteiger partial charge < -0.3 is 19.8 Å². The highest BCUT2D eigenvalue weighted by Gasteiger charge is 2.28.